The molecule has 0 aliphatic heterocycles. The molecular weight excluding hydrogens is 459 g/mol. The van der Waals surface area contributed by atoms with E-state index in [2.05, 4.69) is 20.2 Å². The number of carbonyl (C=O) groups is 1. The Labute approximate surface area is 177 Å². The van der Waals surface area contributed by atoms with E-state index in [0.29, 0.717) is 17.9 Å². The fourth-order valence-corrected chi connectivity index (χ4v) is 2.45. The Balaban J connectivity index is 0.00000364. The molecule has 8 heteroatoms. The second-order valence-electron chi connectivity index (χ2n) is 5.57. The molecule has 148 valence electrons. The molecule has 0 fully saturated rings. The molecule has 2 rings (SSSR count). The van der Waals surface area contributed by atoms with Gasteiger partial charge < -0.3 is 24.7 Å². The highest BCUT2D eigenvalue weighted by molar-refractivity contribution is 14.0. The van der Waals surface area contributed by atoms with Gasteiger partial charge in [0.2, 0.25) is 0 Å². The number of nitrogens with zero attached hydrogens (tertiary/aromatic N) is 2. The molecule has 0 atom stereocenters. The molecule has 0 amide bonds. The van der Waals surface area contributed by atoms with Crippen molar-refractivity contribution in [1.29, 1.82) is 0 Å². The van der Waals surface area contributed by atoms with E-state index in [1.807, 2.05) is 37.5 Å². The summed E-state index contributed by atoms with van der Waals surface area (Å²) in [5.74, 6) is 0.808. The lowest BCUT2D eigenvalue weighted by Gasteiger charge is -2.12. The molecule has 0 saturated heterocycles. The average Bonchev–Trinajstić information content (AvgIpc) is 3.18. The van der Waals surface area contributed by atoms with E-state index in [4.69, 9.17) is 9.47 Å². The summed E-state index contributed by atoms with van der Waals surface area (Å²) in [6.07, 6.45) is 4.06. The summed E-state index contributed by atoms with van der Waals surface area (Å²) in [7, 11) is 2.88. The predicted molar refractivity (Wildman–Crippen MR) is 117 cm³/mol. The number of rotatable bonds is 8. The standard InChI is InChI=1S/C19H26N4O3.HI/c1-4-20-19(21-9-12-23-10-5-6-11-23)22-14-15-7-8-16(18(24)26-3)17(13-15)25-2;/h5-8,10-11,13H,4,9,12,14H2,1-3H3,(H2,20,21,22);1H. The molecule has 1 aromatic heterocycles. The number of aliphatic imine (C=N–C) groups is 1. The van der Waals surface area contributed by atoms with E-state index < -0.39 is 5.97 Å². The number of hydrogen-bond donors (Lipinski definition) is 2. The molecule has 2 aromatic rings. The van der Waals surface area contributed by atoms with Gasteiger partial charge in [0.25, 0.3) is 0 Å². The number of guanidine groups is 1. The highest BCUT2D eigenvalue weighted by Gasteiger charge is 2.12. The Hall–Kier alpha value is -2.23. The minimum Gasteiger partial charge on any atom is -0.496 e. The normalized spacial score (nSPS) is 10.7. The number of esters is 1. The van der Waals surface area contributed by atoms with Gasteiger partial charge in [0, 0.05) is 32.0 Å². The van der Waals surface area contributed by atoms with Crippen molar-refractivity contribution in [2.75, 3.05) is 27.3 Å². The highest BCUT2D eigenvalue weighted by Crippen LogP contribution is 2.21. The van der Waals surface area contributed by atoms with Crippen molar-refractivity contribution in [3.8, 4) is 5.75 Å². The van der Waals surface area contributed by atoms with Gasteiger partial charge in [-0.1, -0.05) is 6.07 Å². The lowest BCUT2D eigenvalue weighted by atomic mass is 10.1. The first-order valence-electron chi connectivity index (χ1n) is 8.56. The van der Waals surface area contributed by atoms with E-state index in [1.54, 1.807) is 12.1 Å². The van der Waals surface area contributed by atoms with E-state index >= 15 is 0 Å². The van der Waals surface area contributed by atoms with Gasteiger partial charge >= 0.3 is 5.97 Å². The van der Waals surface area contributed by atoms with Gasteiger partial charge in [0.1, 0.15) is 11.3 Å². The molecule has 7 nitrogen and oxygen atoms in total. The molecule has 1 aromatic carbocycles. The number of methoxy groups -OCH3 is 2. The summed E-state index contributed by atoms with van der Waals surface area (Å²) in [5, 5.41) is 6.53. The maximum Gasteiger partial charge on any atom is 0.341 e. The zero-order valence-corrected chi connectivity index (χ0v) is 18.2. The Kier molecular flexibility index (Phi) is 10.3. The van der Waals surface area contributed by atoms with E-state index in [1.165, 1.54) is 14.2 Å². The van der Waals surface area contributed by atoms with Crippen molar-refractivity contribution in [3.05, 3.63) is 53.9 Å². The van der Waals surface area contributed by atoms with Gasteiger partial charge in [-0.2, -0.15) is 0 Å². The van der Waals surface area contributed by atoms with Crippen molar-refractivity contribution < 1.29 is 14.3 Å². The number of ether oxygens (including phenoxy) is 2. The van der Waals surface area contributed by atoms with Crippen LogP contribution in [0.15, 0.2) is 47.7 Å². The van der Waals surface area contributed by atoms with Crippen LogP contribution in [0.5, 0.6) is 5.75 Å². The summed E-state index contributed by atoms with van der Waals surface area (Å²) in [4.78, 5) is 16.3. The lowest BCUT2D eigenvalue weighted by Crippen LogP contribution is -2.38. The molecule has 0 spiro atoms. The van der Waals surface area contributed by atoms with Crippen LogP contribution in [0.4, 0.5) is 0 Å². The maximum atomic E-state index is 11.7. The van der Waals surface area contributed by atoms with Crippen LogP contribution in [0.2, 0.25) is 0 Å². The molecule has 0 saturated carbocycles. The van der Waals surface area contributed by atoms with Crippen molar-refractivity contribution in [1.82, 2.24) is 15.2 Å². The van der Waals surface area contributed by atoms with Gasteiger partial charge in [-0.05, 0) is 36.8 Å². The molecule has 2 N–H and O–H groups in total. The van der Waals surface area contributed by atoms with Crippen LogP contribution in [-0.4, -0.2) is 43.8 Å². The molecule has 0 bridgehead atoms. The monoisotopic (exact) mass is 486 g/mol. The quantitative estimate of drug-likeness (QED) is 0.260. The Bertz CT molecular complexity index is 733. The Morgan fingerprint density at radius 1 is 1.19 bits per heavy atom. The number of hydrogen-bond acceptors (Lipinski definition) is 4. The van der Waals surface area contributed by atoms with E-state index in [-0.39, 0.29) is 24.0 Å². The Morgan fingerprint density at radius 3 is 2.56 bits per heavy atom. The summed E-state index contributed by atoms with van der Waals surface area (Å²) in [6, 6.07) is 9.36. The van der Waals surface area contributed by atoms with Crippen LogP contribution >= 0.6 is 24.0 Å². The van der Waals surface area contributed by atoms with Crippen molar-refractivity contribution >= 4 is 35.9 Å². The number of halogens is 1. The van der Waals surface area contributed by atoms with Crippen molar-refractivity contribution in [2.45, 2.75) is 20.0 Å². The number of nitrogens with one attached hydrogen (secondary N) is 2. The minimum atomic E-state index is -0.420. The lowest BCUT2D eigenvalue weighted by molar-refractivity contribution is 0.0597. The number of carbonyl (C=O) groups excluding carboxylic acids is 1. The summed E-state index contributed by atoms with van der Waals surface area (Å²) >= 11 is 0. The first-order chi connectivity index (χ1) is 12.7. The van der Waals surface area contributed by atoms with Crippen LogP contribution in [0.3, 0.4) is 0 Å². The predicted octanol–water partition coefficient (Wildman–Crippen LogP) is 2.66. The smallest absolute Gasteiger partial charge is 0.341 e. The summed E-state index contributed by atoms with van der Waals surface area (Å²) < 4.78 is 12.1. The zero-order valence-electron chi connectivity index (χ0n) is 15.9. The van der Waals surface area contributed by atoms with Crippen LogP contribution in [0.25, 0.3) is 0 Å². The minimum absolute atomic E-state index is 0. The first kappa shape index (κ1) is 22.8. The molecule has 0 aliphatic rings. The van der Waals surface area contributed by atoms with Crippen LogP contribution in [-0.2, 0) is 17.8 Å². The largest absolute Gasteiger partial charge is 0.496 e. The zero-order chi connectivity index (χ0) is 18.8. The molecule has 0 radical (unpaired) electrons. The Morgan fingerprint density at radius 2 is 1.93 bits per heavy atom. The van der Waals surface area contributed by atoms with Gasteiger partial charge in [0.05, 0.1) is 20.8 Å². The second kappa shape index (κ2) is 12.2. The van der Waals surface area contributed by atoms with E-state index in [9.17, 15) is 4.79 Å². The highest BCUT2D eigenvalue weighted by atomic mass is 127. The van der Waals surface area contributed by atoms with Crippen LogP contribution in [0, 0.1) is 0 Å². The van der Waals surface area contributed by atoms with Crippen molar-refractivity contribution in [3.63, 3.8) is 0 Å². The van der Waals surface area contributed by atoms with Gasteiger partial charge in [-0.25, -0.2) is 9.79 Å². The van der Waals surface area contributed by atoms with Gasteiger partial charge in [-0.3, -0.25) is 0 Å². The summed E-state index contributed by atoms with van der Waals surface area (Å²) in [6.45, 7) is 4.90. The fraction of sp³-hybridized carbons (Fsp3) is 0.368. The molecule has 0 unspecified atom stereocenters. The van der Waals surface area contributed by atoms with Crippen molar-refractivity contribution in [2.24, 2.45) is 4.99 Å². The van der Waals surface area contributed by atoms with E-state index in [0.717, 1.165) is 31.2 Å². The number of aromatic nitrogens is 1. The SMILES string of the molecule is CCNC(=NCc1ccc(C(=O)OC)c(OC)c1)NCCn1cccc1.I. The molecule has 1 heterocycles. The summed E-state index contributed by atoms with van der Waals surface area (Å²) in [5.41, 5.74) is 1.34. The fourth-order valence-electron chi connectivity index (χ4n) is 2.45. The number of benzene rings is 1. The first-order valence-corrected chi connectivity index (χ1v) is 8.56. The average molecular weight is 486 g/mol. The maximum absolute atomic E-state index is 11.7. The third kappa shape index (κ3) is 7.12. The molecule has 0 aliphatic carbocycles. The van der Waals surface area contributed by atoms with Crippen LogP contribution in [0.1, 0.15) is 22.8 Å². The van der Waals surface area contributed by atoms with Crippen LogP contribution < -0.4 is 15.4 Å². The molecule has 27 heavy (non-hydrogen) atoms. The van der Waals surface area contributed by atoms with Gasteiger partial charge in [0.15, 0.2) is 5.96 Å². The second-order valence-corrected chi connectivity index (χ2v) is 5.57. The third-order valence-corrected chi connectivity index (χ3v) is 3.76. The third-order valence-electron chi connectivity index (χ3n) is 3.76. The topological polar surface area (TPSA) is 76.9 Å². The van der Waals surface area contributed by atoms with Gasteiger partial charge in [-0.15, -0.1) is 24.0 Å². The molecular formula is C19H27IN4O3.